The number of amides is 1. The molecule has 4 nitrogen and oxygen atoms in total. The Kier molecular flexibility index (Phi) is 6.48. The van der Waals surface area contributed by atoms with Crippen LogP contribution in [0.15, 0.2) is 18.2 Å². The first kappa shape index (κ1) is 15.9. The number of terminal acetylenes is 1. The first-order chi connectivity index (χ1) is 9.62. The van der Waals surface area contributed by atoms with Crippen molar-refractivity contribution < 1.29 is 14.3 Å². The van der Waals surface area contributed by atoms with Crippen molar-refractivity contribution in [2.24, 2.45) is 0 Å². The number of methoxy groups -OCH3 is 1. The molecular formula is C15H16ClNO3. The van der Waals surface area contributed by atoms with Gasteiger partial charge in [0.1, 0.15) is 0 Å². The van der Waals surface area contributed by atoms with Gasteiger partial charge in [-0.15, -0.1) is 6.42 Å². The van der Waals surface area contributed by atoms with Crippen LogP contribution < -0.4 is 14.8 Å². The maximum absolute atomic E-state index is 11.4. The molecule has 0 fully saturated rings. The van der Waals surface area contributed by atoms with E-state index in [9.17, 15) is 4.79 Å². The van der Waals surface area contributed by atoms with Gasteiger partial charge in [0.25, 0.3) is 0 Å². The van der Waals surface area contributed by atoms with Crippen LogP contribution >= 0.6 is 11.6 Å². The quantitative estimate of drug-likeness (QED) is 0.647. The van der Waals surface area contributed by atoms with Crippen molar-refractivity contribution in [3.05, 3.63) is 28.8 Å². The average Bonchev–Trinajstić information content (AvgIpc) is 2.43. The molecule has 0 saturated carbocycles. The average molecular weight is 294 g/mol. The number of hydrogen-bond acceptors (Lipinski definition) is 3. The van der Waals surface area contributed by atoms with E-state index in [-0.39, 0.29) is 12.5 Å². The molecule has 1 rings (SSSR count). The van der Waals surface area contributed by atoms with Gasteiger partial charge in [-0.05, 0) is 30.7 Å². The molecule has 1 amide bonds. The Balaban J connectivity index is 2.94. The summed E-state index contributed by atoms with van der Waals surface area (Å²) in [5.74, 6) is 3.06. The Morgan fingerprint density at radius 3 is 2.90 bits per heavy atom. The highest BCUT2D eigenvalue weighted by atomic mass is 35.5. The highest BCUT2D eigenvalue weighted by molar-refractivity contribution is 6.32. The Bertz CT molecular complexity index is 547. The molecule has 5 heteroatoms. The fourth-order valence-electron chi connectivity index (χ4n) is 1.51. The van der Waals surface area contributed by atoms with Gasteiger partial charge in [-0.2, -0.15) is 0 Å². The van der Waals surface area contributed by atoms with Gasteiger partial charge < -0.3 is 14.8 Å². The zero-order chi connectivity index (χ0) is 15.0. The normalized spacial score (nSPS) is 10.1. The van der Waals surface area contributed by atoms with Gasteiger partial charge in [-0.1, -0.05) is 17.5 Å². The lowest BCUT2D eigenvalue weighted by atomic mass is 10.2. The number of nitrogens with one attached hydrogen (secondary N) is 1. The lowest BCUT2D eigenvalue weighted by Crippen LogP contribution is -2.20. The van der Waals surface area contributed by atoms with Crippen LogP contribution in [0.5, 0.6) is 11.5 Å². The van der Waals surface area contributed by atoms with Gasteiger partial charge in [0.2, 0.25) is 5.91 Å². The number of benzene rings is 1. The predicted octanol–water partition coefficient (Wildman–Crippen LogP) is 2.51. The fourth-order valence-corrected chi connectivity index (χ4v) is 1.81. The predicted molar refractivity (Wildman–Crippen MR) is 80.0 cm³/mol. The summed E-state index contributed by atoms with van der Waals surface area (Å²) in [5.41, 5.74) is 0.732. The minimum atomic E-state index is -0.271. The summed E-state index contributed by atoms with van der Waals surface area (Å²) in [6.45, 7) is 2.54. The number of hydrogen-bond donors (Lipinski definition) is 1. The topological polar surface area (TPSA) is 47.6 Å². The Morgan fingerprint density at radius 2 is 2.30 bits per heavy atom. The van der Waals surface area contributed by atoms with Gasteiger partial charge in [0, 0.05) is 6.08 Å². The molecule has 106 valence electrons. The molecule has 0 aliphatic rings. The highest BCUT2D eigenvalue weighted by Gasteiger charge is 2.10. The molecule has 0 aromatic heterocycles. The molecule has 0 bridgehead atoms. The van der Waals surface area contributed by atoms with Crippen molar-refractivity contribution in [2.75, 3.05) is 20.3 Å². The largest absolute Gasteiger partial charge is 0.491 e. The summed E-state index contributed by atoms with van der Waals surface area (Å²) in [4.78, 5) is 11.4. The minimum absolute atomic E-state index is 0.191. The van der Waals surface area contributed by atoms with E-state index in [4.69, 9.17) is 27.5 Å². The van der Waals surface area contributed by atoms with E-state index in [1.807, 2.05) is 6.92 Å². The first-order valence-electron chi connectivity index (χ1n) is 6.02. The summed E-state index contributed by atoms with van der Waals surface area (Å²) in [7, 11) is 1.52. The molecule has 0 saturated heterocycles. The summed E-state index contributed by atoms with van der Waals surface area (Å²) >= 11 is 6.10. The van der Waals surface area contributed by atoms with Crippen LogP contribution in [0, 0.1) is 12.3 Å². The standard InChI is InChI=1S/C15H16ClNO3/c1-4-8-17-14(18)7-6-11-9-12(16)15(19-3)13(10-11)20-5-2/h1,6-7,9-10H,5,8H2,2-3H3,(H,17,18)/b7-6+. The van der Waals surface area contributed by atoms with E-state index >= 15 is 0 Å². The maximum atomic E-state index is 11.4. The Morgan fingerprint density at radius 1 is 1.55 bits per heavy atom. The van der Waals surface area contributed by atoms with Crippen molar-refractivity contribution in [3.63, 3.8) is 0 Å². The molecule has 0 aliphatic carbocycles. The van der Waals surface area contributed by atoms with Gasteiger partial charge in [-0.3, -0.25) is 4.79 Å². The second kappa shape index (κ2) is 8.13. The van der Waals surface area contributed by atoms with Crippen LogP contribution in [0.25, 0.3) is 6.08 Å². The van der Waals surface area contributed by atoms with Crippen molar-refractivity contribution in [1.82, 2.24) is 5.32 Å². The van der Waals surface area contributed by atoms with Crippen molar-refractivity contribution in [2.45, 2.75) is 6.92 Å². The van der Waals surface area contributed by atoms with Crippen LogP contribution in [-0.4, -0.2) is 26.2 Å². The van der Waals surface area contributed by atoms with Crippen LogP contribution in [-0.2, 0) is 4.79 Å². The third-order valence-electron chi connectivity index (χ3n) is 2.33. The van der Waals surface area contributed by atoms with Gasteiger partial charge in [0.15, 0.2) is 11.5 Å². The van der Waals surface area contributed by atoms with E-state index in [2.05, 4.69) is 11.2 Å². The first-order valence-corrected chi connectivity index (χ1v) is 6.39. The summed E-state index contributed by atoms with van der Waals surface area (Å²) < 4.78 is 10.6. The third-order valence-corrected chi connectivity index (χ3v) is 2.61. The summed E-state index contributed by atoms with van der Waals surface area (Å²) in [6.07, 6.45) is 8.06. The van der Waals surface area contributed by atoms with Gasteiger partial charge >= 0.3 is 0 Å². The van der Waals surface area contributed by atoms with Gasteiger partial charge in [0.05, 0.1) is 25.3 Å². The second-order valence-electron chi connectivity index (χ2n) is 3.72. The van der Waals surface area contributed by atoms with Gasteiger partial charge in [-0.25, -0.2) is 0 Å². The van der Waals surface area contributed by atoms with Crippen LogP contribution in [0.2, 0.25) is 5.02 Å². The van der Waals surface area contributed by atoms with Crippen LogP contribution in [0.1, 0.15) is 12.5 Å². The zero-order valence-corrected chi connectivity index (χ0v) is 12.2. The second-order valence-corrected chi connectivity index (χ2v) is 4.13. The molecule has 1 aromatic rings. The van der Waals surface area contributed by atoms with E-state index in [1.165, 1.54) is 13.2 Å². The maximum Gasteiger partial charge on any atom is 0.244 e. The molecule has 0 unspecified atom stereocenters. The molecule has 0 radical (unpaired) electrons. The molecular weight excluding hydrogens is 278 g/mol. The Hall–Kier alpha value is -2.12. The molecule has 1 aromatic carbocycles. The number of rotatable bonds is 6. The van der Waals surface area contributed by atoms with Crippen molar-refractivity contribution >= 4 is 23.6 Å². The number of ether oxygens (including phenoxy) is 2. The SMILES string of the molecule is C#CCNC(=O)/C=C/c1cc(Cl)c(OC)c(OCC)c1. The number of carbonyl (C=O) groups excluding carboxylic acids is 1. The van der Waals surface area contributed by atoms with E-state index < -0.39 is 0 Å². The van der Waals surface area contributed by atoms with Crippen LogP contribution in [0.3, 0.4) is 0 Å². The molecule has 0 aliphatic heterocycles. The molecule has 0 atom stereocenters. The van der Waals surface area contributed by atoms with Crippen LogP contribution in [0.4, 0.5) is 0 Å². The van der Waals surface area contributed by atoms with Crippen molar-refractivity contribution in [1.29, 1.82) is 0 Å². The smallest absolute Gasteiger partial charge is 0.244 e. The number of halogens is 1. The van der Waals surface area contributed by atoms with E-state index in [0.29, 0.717) is 23.1 Å². The van der Waals surface area contributed by atoms with E-state index in [1.54, 1.807) is 18.2 Å². The monoisotopic (exact) mass is 293 g/mol. The molecule has 0 spiro atoms. The molecule has 0 heterocycles. The summed E-state index contributed by atoms with van der Waals surface area (Å²) in [6, 6.07) is 3.44. The molecule has 1 N–H and O–H groups in total. The lowest BCUT2D eigenvalue weighted by Gasteiger charge is -2.11. The van der Waals surface area contributed by atoms with E-state index in [0.717, 1.165) is 5.56 Å². The minimum Gasteiger partial charge on any atom is -0.491 e. The Labute approximate surface area is 123 Å². The fraction of sp³-hybridized carbons (Fsp3) is 0.267. The summed E-state index contributed by atoms with van der Waals surface area (Å²) in [5, 5.41) is 2.95. The zero-order valence-electron chi connectivity index (χ0n) is 11.4. The third kappa shape index (κ3) is 4.52. The lowest BCUT2D eigenvalue weighted by molar-refractivity contribution is -0.116. The highest BCUT2D eigenvalue weighted by Crippen LogP contribution is 2.36. The van der Waals surface area contributed by atoms with Crippen molar-refractivity contribution in [3.8, 4) is 23.8 Å². The number of carbonyl (C=O) groups is 1. The molecule has 20 heavy (non-hydrogen) atoms.